The molecule has 0 saturated carbocycles. The largest absolute Gasteiger partial charge is 0.385 e. The molecule has 1 aromatic carbocycles. The third-order valence-electron chi connectivity index (χ3n) is 3.32. The van der Waals surface area contributed by atoms with Crippen molar-refractivity contribution >= 4 is 28.6 Å². The minimum Gasteiger partial charge on any atom is -0.385 e. The van der Waals surface area contributed by atoms with E-state index in [9.17, 15) is 9.59 Å². The third kappa shape index (κ3) is 4.11. The number of para-hydroxylation sites is 1. The number of ether oxygens (including phenoxy) is 1. The van der Waals surface area contributed by atoms with E-state index in [2.05, 4.69) is 5.32 Å². The van der Waals surface area contributed by atoms with Gasteiger partial charge in [0.2, 0.25) is 5.91 Å². The molecule has 1 aromatic heterocycles. The molecule has 22 heavy (non-hydrogen) atoms. The van der Waals surface area contributed by atoms with Crippen LogP contribution in [0.3, 0.4) is 0 Å². The number of aromatic nitrogens is 1. The first-order valence-electron chi connectivity index (χ1n) is 7.10. The van der Waals surface area contributed by atoms with E-state index >= 15 is 0 Å². The maximum atomic E-state index is 12.0. The van der Waals surface area contributed by atoms with Gasteiger partial charge in [-0.2, -0.15) is 0 Å². The lowest BCUT2D eigenvalue weighted by molar-refractivity contribution is -0.118. The first-order chi connectivity index (χ1) is 10.6. The molecular weight excluding hydrogens is 300 g/mol. The standard InChI is InChI=1S/C16H20N2O3S/c1-18-13-7-4-3-6-12(13)14(10-16(18)20)22-11-15(19)17-8-5-9-21-2/h3-4,6-7,10H,5,8-9,11H2,1-2H3,(H,17,19). The van der Waals surface area contributed by atoms with Crippen LogP contribution in [0, 0.1) is 0 Å². The molecule has 0 aliphatic heterocycles. The average molecular weight is 320 g/mol. The van der Waals surface area contributed by atoms with Crippen molar-refractivity contribution in [3.63, 3.8) is 0 Å². The van der Waals surface area contributed by atoms with Crippen molar-refractivity contribution in [2.45, 2.75) is 11.3 Å². The zero-order valence-corrected chi connectivity index (χ0v) is 13.6. The van der Waals surface area contributed by atoms with E-state index in [1.807, 2.05) is 24.3 Å². The second kappa shape index (κ2) is 8.00. The summed E-state index contributed by atoms with van der Waals surface area (Å²) in [5.74, 6) is 0.260. The summed E-state index contributed by atoms with van der Waals surface area (Å²) >= 11 is 1.39. The van der Waals surface area contributed by atoms with Crippen molar-refractivity contribution in [1.29, 1.82) is 0 Å². The number of thioether (sulfide) groups is 1. The molecule has 0 atom stereocenters. The minimum absolute atomic E-state index is 0.0362. The van der Waals surface area contributed by atoms with Gasteiger partial charge >= 0.3 is 0 Å². The quantitative estimate of drug-likeness (QED) is 0.624. The number of methoxy groups -OCH3 is 1. The van der Waals surface area contributed by atoms with Crippen molar-refractivity contribution in [3.8, 4) is 0 Å². The van der Waals surface area contributed by atoms with Crippen LogP contribution in [0.5, 0.6) is 0 Å². The van der Waals surface area contributed by atoms with Gasteiger partial charge in [-0.3, -0.25) is 9.59 Å². The Bertz CT molecular complexity index is 712. The number of nitrogens with one attached hydrogen (secondary N) is 1. The zero-order valence-electron chi connectivity index (χ0n) is 12.8. The number of pyridine rings is 1. The molecule has 0 unspecified atom stereocenters. The van der Waals surface area contributed by atoms with Crippen LogP contribution in [0.25, 0.3) is 10.9 Å². The Kier molecular flexibility index (Phi) is 6.03. The van der Waals surface area contributed by atoms with Gasteiger partial charge in [-0.1, -0.05) is 18.2 Å². The van der Waals surface area contributed by atoms with Gasteiger partial charge in [-0.05, 0) is 12.5 Å². The summed E-state index contributed by atoms with van der Waals surface area (Å²) in [5.41, 5.74) is 0.805. The Labute approximate surface area is 133 Å². The molecule has 0 aliphatic carbocycles. The Morgan fingerprint density at radius 2 is 2.14 bits per heavy atom. The van der Waals surface area contributed by atoms with E-state index in [-0.39, 0.29) is 11.5 Å². The van der Waals surface area contributed by atoms with E-state index in [1.165, 1.54) is 11.8 Å². The van der Waals surface area contributed by atoms with Crippen LogP contribution in [-0.4, -0.2) is 36.5 Å². The molecule has 1 N–H and O–H groups in total. The van der Waals surface area contributed by atoms with Crippen LogP contribution in [-0.2, 0) is 16.6 Å². The predicted molar refractivity (Wildman–Crippen MR) is 89.4 cm³/mol. The van der Waals surface area contributed by atoms with Crippen molar-refractivity contribution < 1.29 is 9.53 Å². The molecule has 0 spiro atoms. The lowest BCUT2D eigenvalue weighted by Crippen LogP contribution is -2.27. The fourth-order valence-electron chi connectivity index (χ4n) is 2.14. The van der Waals surface area contributed by atoms with Gasteiger partial charge in [-0.15, -0.1) is 11.8 Å². The summed E-state index contributed by atoms with van der Waals surface area (Å²) < 4.78 is 6.55. The van der Waals surface area contributed by atoms with Gasteiger partial charge < -0.3 is 14.6 Å². The van der Waals surface area contributed by atoms with E-state index in [1.54, 1.807) is 24.8 Å². The number of carbonyl (C=O) groups excluding carboxylic acids is 1. The Morgan fingerprint density at radius 3 is 2.91 bits per heavy atom. The third-order valence-corrected chi connectivity index (χ3v) is 4.38. The summed E-state index contributed by atoms with van der Waals surface area (Å²) in [4.78, 5) is 24.6. The Balaban J connectivity index is 2.04. The minimum atomic E-state index is -0.0679. The molecular formula is C16H20N2O3S. The Hall–Kier alpha value is -1.79. The van der Waals surface area contributed by atoms with Gasteiger partial charge in [0, 0.05) is 43.7 Å². The van der Waals surface area contributed by atoms with Crippen LogP contribution in [0.1, 0.15) is 6.42 Å². The molecule has 118 valence electrons. The Morgan fingerprint density at radius 1 is 1.36 bits per heavy atom. The number of carbonyl (C=O) groups is 1. The second-order valence-corrected chi connectivity index (χ2v) is 5.93. The average Bonchev–Trinajstić information content (AvgIpc) is 2.54. The highest BCUT2D eigenvalue weighted by atomic mass is 32.2. The fraction of sp³-hybridized carbons (Fsp3) is 0.375. The number of rotatable bonds is 7. The normalized spacial score (nSPS) is 10.8. The predicted octanol–water partition coefficient (Wildman–Crippen LogP) is 1.78. The van der Waals surface area contributed by atoms with Crippen LogP contribution in [0.15, 0.2) is 40.0 Å². The summed E-state index contributed by atoms with van der Waals surface area (Å²) in [6, 6.07) is 9.30. The second-order valence-electron chi connectivity index (χ2n) is 4.91. The molecule has 0 radical (unpaired) electrons. The number of benzene rings is 1. The van der Waals surface area contributed by atoms with E-state index < -0.39 is 0 Å². The molecule has 2 aromatic rings. The summed E-state index contributed by atoms with van der Waals surface area (Å²) in [6.45, 7) is 1.23. The van der Waals surface area contributed by atoms with Gasteiger partial charge in [0.15, 0.2) is 0 Å². The highest BCUT2D eigenvalue weighted by Crippen LogP contribution is 2.25. The molecule has 0 aliphatic rings. The number of hydrogen-bond acceptors (Lipinski definition) is 4. The van der Waals surface area contributed by atoms with Crippen LogP contribution in [0.2, 0.25) is 0 Å². The molecule has 6 heteroatoms. The van der Waals surface area contributed by atoms with Crippen molar-refractivity contribution in [3.05, 3.63) is 40.7 Å². The van der Waals surface area contributed by atoms with E-state index in [0.717, 1.165) is 22.2 Å². The number of amides is 1. The molecule has 2 rings (SSSR count). The lowest BCUT2D eigenvalue weighted by atomic mass is 10.2. The van der Waals surface area contributed by atoms with E-state index in [4.69, 9.17) is 4.74 Å². The maximum absolute atomic E-state index is 12.0. The molecule has 5 nitrogen and oxygen atoms in total. The maximum Gasteiger partial charge on any atom is 0.251 e. The lowest BCUT2D eigenvalue weighted by Gasteiger charge is -2.10. The molecule has 0 bridgehead atoms. The highest BCUT2D eigenvalue weighted by molar-refractivity contribution is 8.00. The van der Waals surface area contributed by atoms with Gasteiger partial charge in [-0.25, -0.2) is 0 Å². The van der Waals surface area contributed by atoms with Crippen LogP contribution < -0.4 is 10.9 Å². The number of nitrogens with zero attached hydrogens (tertiary/aromatic N) is 1. The highest BCUT2D eigenvalue weighted by Gasteiger charge is 2.09. The van der Waals surface area contributed by atoms with Crippen LogP contribution in [0.4, 0.5) is 0 Å². The summed E-state index contributed by atoms with van der Waals surface area (Å²) in [7, 11) is 3.39. The fourth-order valence-corrected chi connectivity index (χ4v) is 3.04. The summed E-state index contributed by atoms with van der Waals surface area (Å²) in [6.07, 6.45) is 0.793. The van der Waals surface area contributed by atoms with Crippen molar-refractivity contribution in [2.75, 3.05) is 26.0 Å². The molecule has 1 heterocycles. The van der Waals surface area contributed by atoms with E-state index in [0.29, 0.717) is 18.9 Å². The van der Waals surface area contributed by atoms with Crippen molar-refractivity contribution in [2.24, 2.45) is 7.05 Å². The first kappa shape index (κ1) is 16.6. The number of aryl methyl sites for hydroxylation is 1. The first-order valence-corrected chi connectivity index (χ1v) is 8.09. The smallest absolute Gasteiger partial charge is 0.251 e. The van der Waals surface area contributed by atoms with Crippen molar-refractivity contribution in [1.82, 2.24) is 9.88 Å². The van der Waals surface area contributed by atoms with Gasteiger partial charge in [0.25, 0.3) is 5.56 Å². The van der Waals surface area contributed by atoms with Crippen LogP contribution >= 0.6 is 11.8 Å². The number of fused-ring (bicyclic) bond motifs is 1. The SMILES string of the molecule is COCCCNC(=O)CSc1cc(=O)n(C)c2ccccc12. The number of hydrogen-bond donors (Lipinski definition) is 1. The topological polar surface area (TPSA) is 60.3 Å². The molecule has 0 fully saturated rings. The van der Waals surface area contributed by atoms with Gasteiger partial charge in [0.05, 0.1) is 11.3 Å². The summed E-state index contributed by atoms with van der Waals surface area (Å²) in [5, 5.41) is 3.83. The molecule has 0 saturated heterocycles. The monoisotopic (exact) mass is 320 g/mol. The van der Waals surface area contributed by atoms with Gasteiger partial charge in [0.1, 0.15) is 0 Å². The molecule has 1 amide bonds. The zero-order chi connectivity index (χ0) is 15.9.